The number of nitrogens with one attached hydrogen (secondary N) is 1. The molecular weight excluding hydrogens is 400 g/mol. The van der Waals surface area contributed by atoms with E-state index in [9.17, 15) is 8.42 Å². The first-order valence-corrected chi connectivity index (χ1v) is 10.8. The summed E-state index contributed by atoms with van der Waals surface area (Å²) in [6.07, 6.45) is 5.41. The van der Waals surface area contributed by atoms with Gasteiger partial charge in [0.25, 0.3) is 0 Å². The number of sulfonamides is 1. The van der Waals surface area contributed by atoms with Crippen molar-refractivity contribution in [1.82, 2.24) is 24.2 Å². The van der Waals surface area contributed by atoms with Crippen molar-refractivity contribution in [3.63, 3.8) is 0 Å². The smallest absolute Gasteiger partial charge is 0.244 e. The largest absolute Gasteiger partial charge is 0.354 e. The number of hydrogen-bond acceptors (Lipinski definition) is 6. The Hall–Kier alpha value is -2.23. The first kappa shape index (κ1) is 19.1. The monoisotopic (exact) mass is 420 g/mol. The molecule has 0 radical (unpaired) electrons. The van der Waals surface area contributed by atoms with Gasteiger partial charge < -0.3 is 9.88 Å². The first-order valence-electron chi connectivity index (χ1n) is 9.00. The molecule has 4 rings (SSSR count). The molecule has 0 amide bonds. The van der Waals surface area contributed by atoms with E-state index in [1.165, 1.54) is 29.0 Å². The zero-order chi connectivity index (χ0) is 19.9. The summed E-state index contributed by atoms with van der Waals surface area (Å²) in [6, 6.07) is 4.91. The van der Waals surface area contributed by atoms with Gasteiger partial charge in [-0.05, 0) is 30.5 Å². The highest BCUT2D eigenvalue weighted by Gasteiger charge is 2.36. The number of halogens is 1. The number of aromatic nitrogens is 4. The highest BCUT2D eigenvalue weighted by molar-refractivity contribution is 7.89. The number of pyridine rings is 1. The van der Waals surface area contributed by atoms with Crippen LogP contribution in [0.1, 0.15) is 13.3 Å². The van der Waals surface area contributed by atoms with Crippen molar-refractivity contribution >= 4 is 38.5 Å². The van der Waals surface area contributed by atoms with Gasteiger partial charge in [-0.25, -0.2) is 23.4 Å². The van der Waals surface area contributed by atoms with Crippen LogP contribution in [0.5, 0.6) is 0 Å². The van der Waals surface area contributed by atoms with Crippen LogP contribution in [0.2, 0.25) is 5.15 Å². The Morgan fingerprint density at radius 1 is 1.25 bits per heavy atom. The lowest BCUT2D eigenvalue weighted by Gasteiger charge is -2.41. The van der Waals surface area contributed by atoms with Gasteiger partial charge in [0.15, 0.2) is 0 Å². The quantitative estimate of drug-likeness (QED) is 0.651. The topological polar surface area (TPSA) is 95.1 Å². The molecule has 1 fully saturated rings. The molecular formula is C18H21ClN6O2S. The molecule has 0 bridgehead atoms. The second kappa shape index (κ2) is 7.31. The second-order valence-electron chi connectivity index (χ2n) is 7.06. The highest BCUT2D eigenvalue weighted by Crippen LogP contribution is 2.30. The van der Waals surface area contributed by atoms with E-state index in [0.29, 0.717) is 19.0 Å². The molecule has 0 aromatic carbocycles. The normalized spacial score (nSPS) is 21.1. The van der Waals surface area contributed by atoms with E-state index in [1.807, 2.05) is 19.3 Å². The zero-order valence-electron chi connectivity index (χ0n) is 15.6. The first-order chi connectivity index (χ1) is 13.4. The maximum Gasteiger partial charge on any atom is 0.244 e. The van der Waals surface area contributed by atoms with E-state index in [0.717, 1.165) is 23.3 Å². The van der Waals surface area contributed by atoms with E-state index in [4.69, 9.17) is 11.6 Å². The minimum atomic E-state index is -3.64. The average Bonchev–Trinajstić information content (AvgIpc) is 3.17. The fraction of sp³-hybridized carbons (Fsp3) is 0.389. The highest BCUT2D eigenvalue weighted by atomic mass is 35.5. The van der Waals surface area contributed by atoms with Crippen molar-refractivity contribution in [3.8, 4) is 0 Å². The third kappa shape index (κ3) is 3.34. The molecule has 2 unspecified atom stereocenters. The molecule has 10 heteroatoms. The number of fused-ring (bicyclic) bond motifs is 1. The Kier molecular flexibility index (Phi) is 4.98. The van der Waals surface area contributed by atoms with Crippen molar-refractivity contribution in [2.24, 2.45) is 5.92 Å². The van der Waals surface area contributed by atoms with Crippen molar-refractivity contribution in [3.05, 3.63) is 42.1 Å². The number of aromatic amines is 1. The third-order valence-corrected chi connectivity index (χ3v) is 7.46. The van der Waals surface area contributed by atoms with Gasteiger partial charge in [-0.3, -0.25) is 0 Å². The summed E-state index contributed by atoms with van der Waals surface area (Å²) in [5.41, 5.74) is 0.761. The number of H-pyrrole nitrogens is 1. The molecule has 1 aliphatic rings. The lowest BCUT2D eigenvalue weighted by molar-refractivity contribution is 0.247. The Labute approximate surface area is 168 Å². The minimum Gasteiger partial charge on any atom is -0.354 e. The van der Waals surface area contributed by atoms with Crippen LogP contribution >= 0.6 is 11.6 Å². The van der Waals surface area contributed by atoms with Crippen LogP contribution in [0, 0.1) is 5.92 Å². The standard InChI is InChI=1S/C18H21ClN6O2S/c1-12-6-8-25(28(26,27)13-3-4-16(19)21-9-13)10-15(12)24(2)18-14-5-7-20-17(14)22-11-23-18/h3-5,7,9,11-12,15H,6,8,10H2,1-2H3,(H,20,22,23). The van der Waals surface area contributed by atoms with Crippen LogP contribution in [0.15, 0.2) is 41.8 Å². The van der Waals surface area contributed by atoms with Gasteiger partial charge >= 0.3 is 0 Å². The summed E-state index contributed by atoms with van der Waals surface area (Å²) in [6.45, 7) is 2.99. The third-order valence-electron chi connectivity index (χ3n) is 5.38. The summed E-state index contributed by atoms with van der Waals surface area (Å²) in [5.74, 6) is 1.10. The average molecular weight is 421 g/mol. The van der Waals surface area contributed by atoms with Gasteiger partial charge in [-0.15, -0.1) is 0 Å². The van der Waals surface area contributed by atoms with Crippen LogP contribution in [-0.4, -0.2) is 58.8 Å². The van der Waals surface area contributed by atoms with Gasteiger partial charge in [-0.1, -0.05) is 18.5 Å². The molecule has 1 aliphatic heterocycles. The summed E-state index contributed by atoms with van der Waals surface area (Å²) >= 11 is 5.80. The number of nitrogens with zero attached hydrogens (tertiary/aromatic N) is 5. The van der Waals surface area contributed by atoms with Gasteiger partial charge in [0.1, 0.15) is 27.8 Å². The summed E-state index contributed by atoms with van der Waals surface area (Å²) in [4.78, 5) is 17.9. The van der Waals surface area contributed by atoms with Crippen LogP contribution in [-0.2, 0) is 10.0 Å². The Morgan fingerprint density at radius 3 is 2.82 bits per heavy atom. The number of anilines is 1. The molecule has 1 saturated heterocycles. The van der Waals surface area contributed by atoms with E-state index in [2.05, 4.69) is 31.8 Å². The number of piperidine rings is 1. The number of likely N-dealkylation sites (N-methyl/N-ethyl adjacent to an activating group) is 1. The van der Waals surface area contributed by atoms with Gasteiger partial charge in [-0.2, -0.15) is 4.31 Å². The summed E-state index contributed by atoms with van der Waals surface area (Å²) in [7, 11) is -1.68. The van der Waals surface area contributed by atoms with Crippen LogP contribution in [0.4, 0.5) is 5.82 Å². The lowest BCUT2D eigenvalue weighted by atomic mass is 9.93. The maximum atomic E-state index is 13.1. The minimum absolute atomic E-state index is 0.0169. The van der Waals surface area contributed by atoms with Gasteiger partial charge in [0.05, 0.1) is 5.39 Å². The molecule has 0 saturated carbocycles. The van der Waals surface area contributed by atoms with Gasteiger partial charge in [0, 0.05) is 38.6 Å². The summed E-state index contributed by atoms with van der Waals surface area (Å²) < 4.78 is 27.7. The molecule has 28 heavy (non-hydrogen) atoms. The van der Waals surface area contributed by atoms with Crippen molar-refractivity contribution < 1.29 is 8.42 Å². The Bertz CT molecular complexity index is 1080. The molecule has 4 heterocycles. The summed E-state index contributed by atoms with van der Waals surface area (Å²) in [5, 5.41) is 1.18. The number of hydrogen-bond donors (Lipinski definition) is 1. The lowest BCUT2D eigenvalue weighted by Crippen LogP contribution is -2.52. The van der Waals surface area contributed by atoms with Crippen LogP contribution in [0.25, 0.3) is 11.0 Å². The Morgan fingerprint density at radius 2 is 2.07 bits per heavy atom. The Balaban J connectivity index is 1.63. The molecule has 148 valence electrons. The SMILES string of the molecule is CC1CCN(S(=O)(=O)c2ccc(Cl)nc2)CC1N(C)c1ncnc2[nH]ccc12. The zero-order valence-corrected chi connectivity index (χ0v) is 17.2. The molecule has 2 atom stereocenters. The second-order valence-corrected chi connectivity index (χ2v) is 9.39. The van der Waals surface area contributed by atoms with E-state index in [-0.39, 0.29) is 16.1 Å². The fourth-order valence-corrected chi connectivity index (χ4v) is 5.23. The van der Waals surface area contributed by atoms with Gasteiger partial charge in [0.2, 0.25) is 10.0 Å². The molecule has 3 aromatic rings. The van der Waals surface area contributed by atoms with Crippen LogP contribution in [0.3, 0.4) is 0 Å². The fourth-order valence-electron chi connectivity index (χ4n) is 3.70. The van der Waals surface area contributed by atoms with E-state index in [1.54, 1.807) is 0 Å². The molecule has 0 aliphatic carbocycles. The molecule has 0 spiro atoms. The maximum absolute atomic E-state index is 13.1. The number of rotatable bonds is 4. The van der Waals surface area contributed by atoms with Crippen molar-refractivity contribution in [1.29, 1.82) is 0 Å². The predicted octanol–water partition coefficient (Wildman–Crippen LogP) is 2.54. The van der Waals surface area contributed by atoms with Crippen molar-refractivity contribution in [2.45, 2.75) is 24.3 Å². The van der Waals surface area contributed by atoms with E-state index < -0.39 is 10.0 Å². The van der Waals surface area contributed by atoms with E-state index >= 15 is 0 Å². The predicted molar refractivity (Wildman–Crippen MR) is 108 cm³/mol. The molecule has 1 N–H and O–H groups in total. The van der Waals surface area contributed by atoms with Crippen LogP contribution < -0.4 is 4.90 Å². The van der Waals surface area contributed by atoms with Crippen molar-refractivity contribution in [2.75, 3.05) is 25.0 Å². The molecule has 3 aromatic heterocycles. The molecule has 8 nitrogen and oxygen atoms in total.